The van der Waals surface area contributed by atoms with E-state index >= 15 is 0 Å². The zero-order chi connectivity index (χ0) is 10.6. The Bertz CT molecular complexity index is 547. The fourth-order valence-corrected chi connectivity index (χ4v) is 2.95. The molecule has 1 saturated carbocycles. The van der Waals surface area contributed by atoms with Gasteiger partial charge in [0.1, 0.15) is 23.0 Å². The largest absolute Gasteiger partial charge is 0.477 e. The second-order valence-electron chi connectivity index (χ2n) is 3.58. The van der Waals surface area contributed by atoms with Crippen LogP contribution in [0.1, 0.15) is 27.7 Å². The molecule has 2 aromatic heterocycles. The van der Waals surface area contributed by atoms with Crippen LogP contribution in [0.4, 0.5) is 4.39 Å². The highest BCUT2D eigenvalue weighted by Gasteiger charge is 2.43. The molecule has 2 heterocycles. The number of aromatic nitrogens is 2. The van der Waals surface area contributed by atoms with Gasteiger partial charge in [-0.1, -0.05) is 0 Å². The normalized spacial score (nSPS) is 24.6. The number of alkyl halides is 1. The predicted octanol–water partition coefficient (Wildman–Crippen LogP) is 1.92. The van der Waals surface area contributed by atoms with Gasteiger partial charge in [0.2, 0.25) is 0 Å². The van der Waals surface area contributed by atoms with E-state index in [9.17, 15) is 9.18 Å². The third-order valence-electron chi connectivity index (χ3n) is 2.55. The second kappa shape index (κ2) is 2.79. The molecule has 4 nitrogen and oxygen atoms in total. The first-order valence-corrected chi connectivity index (χ1v) is 5.32. The Morgan fingerprint density at radius 1 is 1.73 bits per heavy atom. The summed E-state index contributed by atoms with van der Waals surface area (Å²) in [6, 6.07) is 0. The maximum absolute atomic E-state index is 12.9. The summed E-state index contributed by atoms with van der Waals surface area (Å²) in [6.45, 7) is 0. The third kappa shape index (κ3) is 1.18. The van der Waals surface area contributed by atoms with Crippen LogP contribution in [0.2, 0.25) is 0 Å². The fraction of sp³-hybridized carbons (Fsp3) is 0.333. The van der Waals surface area contributed by atoms with E-state index in [1.54, 1.807) is 6.20 Å². The average Bonchev–Trinajstić information content (AvgIpc) is 2.62. The van der Waals surface area contributed by atoms with E-state index in [4.69, 9.17) is 5.11 Å². The van der Waals surface area contributed by atoms with Crippen LogP contribution < -0.4 is 0 Å². The van der Waals surface area contributed by atoms with Crippen LogP contribution in [0.5, 0.6) is 0 Å². The lowest BCUT2D eigenvalue weighted by Crippen LogP contribution is -2.03. The zero-order valence-electron chi connectivity index (χ0n) is 7.55. The van der Waals surface area contributed by atoms with Gasteiger partial charge in [0.25, 0.3) is 0 Å². The summed E-state index contributed by atoms with van der Waals surface area (Å²) in [5.74, 6) is -1.24. The molecule has 2 aromatic rings. The van der Waals surface area contributed by atoms with E-state index in [0.717, 1.165) is 4.83 Å². The van der Waals surface area contributed by atoms with Gasteiger partial charge in [0.05, 0.1) is 6.20 Å². The highest BCUT2D eigenvalue weighted by molar-refractivity contribution is 7.17. The van der Waals surface area contributed by atoms with E-state index in [0.29, 0.717) is 11.3 Å². The van der Waals surface area contributed by atoms with E-state index < -0.39 is 12.1 Å². The van der Waals surface area contributed by atoms with E-state index in [2.05, 4.69) is 4.98 Å². The molecule has 6 heteroatoms. The Labute approximate surface area is 88.0 Å². The summed E-state index contributed by atoms with van der Waals surface area (Å²) >= 11 is 1.31. The lowest BCUT2D eigenvalue weighted by Gasteiger charge is -1.96. The molecule has 78 valence electrons. The number of hydrogen-bond acceptors (Lipinski definition) is 3. The predicted molar refractivity (Wildman–Crippen MR) is 52.3 cm³/mol. The molecule has 0 spiro atoms. The van der Waals surface area contributed by atoms with Gasteiger partial charge in [-0.05, 0) is 6.42 Å². The number of imidazole rings is 1. The lowest BCUT2D eigenvalue weighted by atomic mass is 10.2. The van der Waals surface area contributed by atoms with Crippen molar-refractivity contribution in [2.75, 3.05) is 0 Å². The number of carbonyl (C=O) groups is 1. The van der Waals surface area contributed by atoms with E-state index in [1.165, 1.54) is 22.1 Å². The number of hydrogen-bond donors (Lipinski definition) is 1. The van der Waals surface area contributed by atoms with Crippen molar-refractivity contribution in [2.24, 2.45) is 0 Å². The van der Waals surface area contributed by atoms with Gasteiger partial charge in [0.15, 0.2) is 0 Å². The lowest BCUT2D eigenvalue weighted by molar-refractivity contribution is 0.0688. The number of carboxylic acids is 1. The smallest absolute Gasteiger partial charge is 0.354 e. The first-order valence-electron chi connectivity index (χ1n) is 4.50. The van der Waals surface area contributed by atoms with Crippen molar-refractivity contribution in [2.45, 2.75) is 18.5 Å². The molecule has 0 saturated heterocycles. The maximum Gasteiger partial charge on any atom is 0.354 e. The minimum Gasteiger partial charge on any atom is -0.477 e. The van der Waals surface area contributed by atoms with E-state index in [-0.39, 0.29) is 11.6 Å². The van der Waals surface area contributed by atoms with Gasteiger partial charge < -0.3 is 5.11 Å². The summed E-state index contributed by atoms with van der Waals surface area (Å²) in [7, 11) is 0. The summed E-state index contributed by atoms with van der Waals surface area (Å²) in [6.07, 6.45) is 2.61. The van der Waals surface area contributed by atoms with Crippen LogP contribution in [0.25, 0.3) is 4.83 Å². The Kier molecular flexibility index (Phi) is 1.64. The summed E-state index contributed by atoms with van der Waals surface area (Å²) < 4.78 is 14.4. The van der Waals surface area contributed by atoms with Crippen molar-refractivity contribution in [3.05, 3.63) is 23.1 Å². The quantitative estimate of drug-likeness (QED) is 0.851. The molecule has 2 atom stereocenters. The van der Waals surface area contributed by atoms with Crippen molar-refractivity contribution in [3.8, 4) is 0 Å². The molecule has 1 aliphatic carbocycles. The number of nitrogens with zero attached hydrogens (tertiary/aromatic N) is 2. The molecular weight excluding hydrogens is 219 g/mol. The number of thiazole rings is 1. The van der Waals surface area contributed by atoms with Gasteiger partial charge >= 0.3 is 5.97 Å². The molecule has 1 aliphatic rings. The molecule has 15 heavy (non-hydrogen) atoms. The molecule has 1 N–H and O–H groups in total. The summed E-state index contributed by atoms with van der Waals surface area (Å²) in [4.78, 5) is 16.3. The van der Waals surface area contributed by atoms with Crippen LogP contribution in [-0.2, 0) is 0 Å². The molecule has 0 radical (unpaired) electrons. The third-order valence-corrected chi connectivity index (χ3v) is 3.77. The second-order valence-corrected chi connectivity index (χ2v) is 4.64. The van der Waals surface area contributed by atoms with Crippen LogP contribution in [0.3, 0.4) is 0 Å². The van der Waals surface area contributed by atoms with Gasteiger partial charge in [-0.15, -0.1) is 11.3 Å². The Morgan fingerprint density at radius 3 is 3.07 bits per heavy atom. The minimum atomic E-state index is -1.02. The van der Waals surface area contributed by atoms with Crippen LogP contribution >= 0.6 is 11.3 Å². The molecule has 0 amide bonds. The topological polar surface area (TPSA) is 54.6 Å². The van der Waals surface area contributed by atoms with Crippen molar-refractivity contribution in [1.82, 2.24) is 9.38 Å². The molecular formula is C9H7FN2O2S. The number of carboxylic acid groups (broad SMARTS) is 1. The van der Waals surface area contributed by atoms with E-state index in [1.807, 2.05) is 0 Å². The maximum atomic E-state index is 12.9. The Balaban J connectivity index is 2.23. The number of rotatable bonds is 2. The standard InChI is InChI=1S/C9H7FN2O2S/c10-5-1-4(5)8-7(9(13)14)12-3-11-2-6(12)15-8/h2-5H,1H2,(H,13,14)/t4-,5-/m1/s1. The first kappa shape index (κ1) is 8.84. The zero-order valence-corrected chi connectivity index (χ0v) is 8.37. The molecule has 1 fully saturated rings. The molecule has 3 rings (SSSR count). The van der Waals surface area contributed by atoms with Crippen molar-refractivity contribution >= 4 is 22.1 Å². The number of fused-ring (bicyclic) bond motifs is 1. The minimum absolute atomic E-state index is 0.164. The molecule has 0 aliphatic heterocycles. The van der Waals surface area contributed by atoms with Gasteiger partial charge in [-0.2, -0.15) is 0 Å². The number of aromatic carboxylic acids is 1. The van der Waals surface area contributed by atoms with Crippen LogP contribution in [-0.4, -0.2) is 26.6 Å². The summed E-state index contributed by atoms with van der Waals surface area (Å²) in [5.41, 5.74) is 0.164. The first-order chi connectivity index (χ1) is 7.18. The Morgan fingerprint density at radius 2 is 2.47 bits per heavy atom. The van der Waals surface area contributed by atoms with Crippen molar-refractivity contribution in [1.29, 1.82) is 0 Å². The van der Waals surface area contributed by atoms with Crippen molar-refractivity contribution < 1.29 is 14.3 Å². The molecule has 0 unspecified atom stereocenters. The SMILES string of the molecule is O=C(O)c1c([C@@H]2C[C@H]2F)sc2cncn12. The van der Waals surface area contributed by atoms with Crippen molar-refractivity contribution in [3.63, 3.8) is 0 Å². The average molecular weight is 226 g/mol. The summed E-state index contributed by atoms with van der Waals surface area (Å²) in [5, 5.41) is 9.07. The monoisotopic (exact) mass is 226 g/mol. The van der Waals surface area contributed by atoms with Gasteiger partial charge in [0, 0.05) is 10.8 Å². The van der Waals surface area contributed by atoms with Crippen LogP contribution in [0, 0.1) is 0 Å². The van der Waals surface area contributed by atoms with Gasteiger partial charge in [-0.3, -0.25) is 4.40 Å². The van der Waals surface area contributed by atoms with Crippen LogP contribution in [0.15, 0.2) is 12.5 Å². The Hall–Kier alpha value is -1.43. The number of halogens is 1. The highest BCUT2D eigenvalue weighted by Crippen LogP contribution is 2.47. The fourth-order valence-electron chi connectivity index (χ4n) is 1.70. The molecule has 0 aromatic carbocycles. The molecule has 0 bridgehead atoms. The van der Waals surface area contributed by atoms with Gasteiger partial charge in [-0.25, -0.2) is 14.2 Å². The highest BCUT2D eigenvalue weighted by atomic mass is 32.1.